The van der Waals surface area contributed by atoms with E-state index in [1.165, 1.54) is 0 Å². The molecular formula is C12H30O6. The predicted octanol–water partition coefficient (Wildman–Crippen LogP) is 0.0408. The van der Waals surface area contributed by atoms with Crippen LogP contribution >= 0.6 is 0 Å². The van der Waals surface area contributed by atoms with Crippen LogP contribution in [0.5, 0.6) is 0 Å². The molecule has 0 amide bonds. The Bertz CT molecular complexity index is 124. The number of ether oxygens (including phenoxy) is 3. The molecule has 0 aliphatic carbocycles. The first-order valence-corrected chi connectivity index (χ1v) is 5.84. The summed E-state index contributed by atoms with van der Waals surface area (Å²) < 4.78 is 13.9. The molecule has 3 unspecified atom stereocenters. The van der Waals surface area contributed by atoms with E-state index in [2.05, 4.69) is 16.4 Å². The first-order valence-electron chi connectivity index (χ1n) is 5.84. The highest BCUT2D eigenvalue weighted by molar-refractivity contribution is 4.58. The van der Waals surface area contributed by atoms with Crippen molar-refractivity contribution < 1.29 is 29.5 Å². The first-order chi connectivity index (χ1) is 8.47. The summed E-state index contributed by atoms with van der Waals surface area (Å²) in [7, 11) is 4.13. The molecule has 0 saturated carbocycles. The fraction of sp³-hybridized carbons (Fsp3) is 1.00. The van der Waals surface area contributed by atoms with Gasteiger partial charge in [-0.15, -0.1) is 0 Å². The Morgan fingerprint density at radius 1 is 1.28 bits per heavy atom. The lowest BCUT2D eigenvalue weighted by atomic mass is 10.4. The van der Waals surface area contributed by atoms with Crippen molar-refractivity contribution in [2.24, 2.45) is 0 Å². The third-order valence-corrected chi connectivity index (χ3v) is 1.57. The minimum Gasteiger partial charge on any atom is -0.400 e. The van der Waals surface area contributed by atoms with Gasteiger partial charge < -0.3 is 29.5 Å². The minimum absolute atomic E-state index is 0.00926. The maximum absolute atomic E-state index is 8.43. The molecule has 3 N–H and O–H groups in total. The van der Waals surface area contributed by atoms with Gasteiger partial charge in [0.2, 0.25) is 0 Å². The van der Waals surface area contributed by atoms with Gasteiger partial charge in [0.05, 0.1) is 38.1 Å². The Balaban J connectivity index is -0.000000177. The van der Waals surface area contributed by atoms with Gasteiger partial charge in [-0.3, -0.25) is 0 Å². The quantitative estimate of drug-likeness (QED) is 0.625. The van der Waals surface area contributed by atoms with Crippen molar-refractivity contribution in [3.63, 3.8) is 0 Å². The van der Waals surface area contributed by atoms with Crippen LogP contribution in [0.3, 0.4) is 0 Å². The molecule has 0 spiro atoms. The molecule has 0 aromatic heterocycles. The zero-order valence-corrected chi connectivity index (χ0v) is 12.4. The van der Waals surface area contributed by atoms with Gasteiger partial charge in [-0.25, -0.2) is 0 Å². The normalized spacial score (nSPS) is 18.8. The highest BCUT2D eigenvalue weighted by atomic mass is 16.6. The van der Waals surface area contributed by atoms with Gasteiger partial charge in [0.15, 0.2) is 0 Å². The maximum atomic E-state index is 8.43. The van der Waals surface area contributed by atoms with Crippen molar-refractivity contribution in [3.05, 3.63) is 0 Å². The lowest BCUT2D eigenvalue weighted by molar-refractivity contribution is 0.0623. The molecule has 6 nitrogen and oxygen atoms in total. The number of epoxide rings is 1. The van der Waals surface area contributed by atoms with Crippen molar-refractivity contribution in [3.8, 4) is 0 Å². The largest absolute Gasteiger partial charge is 0.400 e. The summed E-state index contributed by atoms with van der Waals surface area (Å²) in [5, 5.41) is 23.6. The Morgan fingerprint density at radius 3 is 1.67 bits per heavy atom. The van der Waals surface area contributed by atoms with Crippen LogP contribution in [0.4, 0.5) is 0 Å². The second-order valence-corrected chi connectivity index (χ2v) is 3.68. The van der Waals surface area contributed by atoms with E-state index in [9.17, 15) is 0 Å². The molecule has 0 bridgehead atoms. The van der Waals surface area contributed by atoms with E-state index in [4.69, 9.17) is 20.1 Å². The standard InChI is InChI=1S/2C4H10O2.C3H6O.CH4O/c1-4(5)3-6-2;1-4(3-5)6-2;1-3-2-4-3;1-2/h2*4-5H,3H2,1-2H3;3H,2H2,1H3;2H,1H3. The van der Waals surface area contributed by atoms with Gasteiger partial charge >= 0.3 is 0 Å². The van der Waals surface area contributed by atoms with Crippen LogP contribution in [0.15, 0.2) is 0 Å². The first kappa shape index (κ1) is 22.9. The molecule has 114 valence electrons. The Kier molecular flexibility index (Phi) is 24.3. The van der Waals surface area contributed by atoms with E-state index in [0.29, 0.717) is 12.7 Å². The molecule has 1 rings (SSSR count). The molecule has 0 aromatic carbocycles. The molecule has 1 aliphatic rings. The van der Waals surface area contributed by atoms with E-state index in [1.807, 2.05) is 0 Å². The minimum atomic E-state index is -0.324. The zero-order chi connectivity index (χ0) is 15.0. The lowest BCUT2D eigenvalue weighted by Gasteiger charge is -2.00. The summed E-state index contributed by atoms with van der Waals surface area (Å²) in [6.45, 7) is 7.07. The molecule has 3 atom stereocenters. The molecule has 18 heavy (non-hydrogen) atoms. The number of methoxy groups -OCH3 is 2. The van der Waals surface area contributed by atoms with Crippen LogP contribution in [-0.4, -0.2) is 74.8 Å². The zero-order valence-electron chi connectivity index (χ0n) is 12.4. The third-order valence-electron chi connectivity index (χ3n) is 1.57. The van der Waals surface area contributed by atoms with Gasteiger partial charge in [0, 0.05) is 21.3 Å². The third kappa shape index (κ3) is 36.0. The van der Waals surface area contributed by atoms with Crippen molar-refractivity contribution in [2.45, 2.75) is 39.1 Å². The van der Waals surface area contributed by atoms with Gasteiger partial charge in [0.25, 0.3) is 0 Å². The number of aliphatic hydroxyl groups is 3. The molecule has 1 fully saturated rings. The average Bonchev–Trinajstić information content (AvgIpc) is 3.14. The van der Waals surface area contributed by atoms with Gasteiger partial charge in [-0.2, -0.15) is 0 Å². The molecule has 1 heterocycles. The van der Waals surface area contributed by atoms with Gasteiger partial charge in [-0.1, -0.05) is 0 Å². The fourth-order valence-corrected chi connectivity index (χ4v) is 0.412. The van der Waals surface area contributed by atoms with E-state index >= 15 is 0 Å². The lowest BCUT2D eigenvalue weighted by Crippen LogP contribution is -2.08. The summed E-state index contributed by atoms with van der Waals surface area (Å²) in [4.78, 5) is 0. The average molecular weight is 270 g/mol. The van der Waals surface area contributed by atoms with Crippen LogP contribution in [0.1, 0.15) is 20.8 Å². The monoisotopic (exact) mass is 270 g/mol. The Hall–Kier alpha value is -0.240. The number of hydrogen-bond acceptors (Lipinski definition) is 6. The van der Waals surface area contributed by atoms with Crippen LogP contribution in [0, 0.1) is 0 Å². The highest BCUT2D eigenvalue weighted by Gasteiger charge is 2.13. The molecule has 1 saturated heterocycles. The highest BCUT2D eigenvalue weighted by Crippen LogP contribution is 2.04. The number of aliphatic hydroxyl groups excluding tert-OH is 3. The number of rotatable bonds is 4. The molecule has 1 aliphatic heterocycles. The summed E-state index contributed by atoms with van der Waals surface area (Å²) in [5.74, 6) is 0. The summed E-state index contributed by atoms with van der Waals surface area (Å²) >= 11 is 0. The van der Waals surface area contributed by atoms with E-state index in [-0.39, 0.29) is 18.8 Å². The van der Waals surface area contributed by atoms with Crippen LogP contribution in [0.25, 0.3) is 0 Å². The molecular weight excluding hydrogens is 240 g/mol. The molecule has 0 aromatic rings. The van der Waals surface area contributed by atoms with E-state index in [1.54, 1.807) is 28.1 Å². The van der Waals surface area contributed by atoms with Gasteiger partial charge in [0.1, 0.15) is 0 Å². The van der Waals surface area contributed by atoms with Crippen LogP contribution in [0.2, 0.25) is 0 Å². The topological polar surface area (TPSA) is 91.7 Å². The summed E-state index contributed by atoms with van der Waals surface area (Å²) in [5.41, 5.74) is 0. The second kappa shape index (κ2) is 19.1. The van der Waals surface area contributed by atoms with Crippen molar-refractivity contribution in [1.29, 1.82) is 0 Å². The summed E-state index contributed by atoms with van der Waals surface area (Å²) in [6, 6.07) is 0. The van der Waals surface area contributed by atoms with E-state index < -0.39 is 0 Å². The van der Waals surface area contributed by atoms with Crippen molar-refractivity contribution in [2.75, 3.05) is 41.2 Å². The van der Waals surface area contributed by atoms with Gasteiger partial charge in [-0.05, 0) is 20.8 Å². The maximum Gasteiger partial charge on any atom is 0.0781 e. The van der Waals surface area contributed by atoms with Crippen LogP contribution in [-0.2, 0) is 14.2 Å². The smallest absolute Gasteiger partial charge is 0.0781 e. The van der Waals surface area contributed by atoms with Crippen molar-refractivity contribution in [1.82, 2.24) is 0 Å². The van der Waals surface area contributed by atoms with Crippen molar-refractivity contribution >= 4 is 0 Å². The van der Waals surface area contributed by atoms with E-state index in [0.717, 1.165) is 13.7 Å². The molecule has 0 radical (unpaired) electrons. The van der Waals surface area contributed by atoms with Crippen LogP contribution < -0.4 is 0 Å². The number of hydrogen-bond donors (Lipinski definition) is 3. The summed E-state index contributed by atoms with van der Waals surface area (Å²) in [6.07, 6.45) is 0.250. The predicted molar refractivity (Wildman–Crippen MR) is 70.7 cm³/mol. The Labute approximate surface area is 110 Å². The fourth-order valence-electron chi connectivity index (χ4n) is 0.412. The SMILES string of the molecule is CC1CO1.CO.COC(C)CO.COCC(C)O. The molecule has 6 heteroatoms. The Morgan fingerprint density at radius 2 is 1.67 bits per heavy atom. The second-order valence-electron chi connectivity index (χ2n) is 3.68.